The lowest BCUT2D eigenvalue weighted by Gasteiger charge is -2.35. The van der Waals surface area contributed by atoms with Gasteiger partial charge in [0.1, 0.15) is 0 Å². The number of fused-ring (bicyclic) bond motifs is 4. The van der Waals surface area contributed by atoms with Crippen molar-refractivity contribution in [3.05, 3.63) is 70.3 Å². The van der Waals surface area contributed by atoms with E-state index in [0.717, 1.165) is 68.6 Å². The van der Waals surface area contributed by atoms with Crippen LogP contribution in [-0.2, 0) is 19.5 Å². The third-order valence-corrected chi connectivity index (χ3v) is 7.81. The summed E-state index contributed by atoms with van der Waals surface area (Å²) in [5.74, 6) is 0.735. The van der Waals surface area contributed by atoms with E-state index in [1.165, 1.54) is 22.4 Å². The number of carboxylic acid groups (broad SMARTS) is 1. The lowest BCUT2D eigenvalue weighted by Crippen LogP contribution is -2.36. The van der Waals surface area contributed by atoms with Gasteiger partial charge in [-0.25, -0.2) is 4.79 Å². The molecular formula is C27H33N3O3. The molecule has 1 saturated heterocycles. The predicted molar refractivity (Wildman–Crippen MR) is 127 cm³/mol. The first-order valence-corrected chi connectivity index (χ1v) is 12.2. The summed E-state index contributed by atoms with van der Waals surface area (Å²) in [5.41, 5.74) is 5.99. The zero-order chi connectivity index (χ0) is 22.9. The average Bonchev–Trinajstić information content (AvgIpc) is 3.38. The quantitative estimate of drug-likeness (QED) is 0.642. The van der Waals surface area contributed by atoms with Crippen molar-refractivity contribution in [2.75, 3.05) is 26.7 Å². The first-order valence-electron chi connectivity index (χ1n) is 12.2. The molecule has 33 heavy (non-hydrogen) atoms. The fraction of sp³-hybridized carbons (Fsp3) is 0.481. The molecule has 0 aromatic heterocycles. The van der Waals surface area contributed by atoms with Crippen LogP contribution < -0.4 is 0 Å². The number of carbonyl (C=O) groups excluding carboxylic acids is 1. The van der Waals surface area contributed by atoms with Gasteiger partial charge in [0, 0.05) is 44.2 Å². The Kier molecular flexibility index (Phi) is 6.11. The molecule has 5 rings (SSSR count). The number of amides is 2. The molecule has 0 radical (unpaired) electrons. The van der Waals surface area contributed by atoms with Crippen LogP contribution in [0.4, 0.5) is 4.79 Å². The Morgan fingerprint density at radius 3 is 2.73 bits per heavy atom. The summed E-state index contributed by atoms with van der Waals surface area (Å²) in [6, 6.07) is 15.0. The van der Waals surface area contributed by atoms with Gasteiger partial charge in [-0.15, -0.1) is 0 Å². The number of likely N-dealkylation sites (tertiary alicyclic amines) is 1. The van der Waals surface area contributed by atoms with Crippen molar-refractivity contribution in [2.24, 2.45) is 0 Å². The van der Waals surface area contributed by atoms with Crippen LogP contribution in [0.3, 0.4) is 0 Å². The maximum atomic E-state index is 12.6. The second-order valence-electron chi connectivity index (χ2n) is 9.75. The van der Waals surface area contributed by atoms with Crippen molar-refractivity contribution < 1.29 is 14.7 Å². The molecule has 2 aliphatic heterocycles. The zero-order valence-corrected chi connectivity index (χ0v) is 19.4. The largest absolute Gasteiger partial charge is 0.465 e. The molecule has 1 N–H and O–H groups in total. The Labute approximate surface area is 195 Å². The number of unbranched alkanes of at least 4 members (excludes halogenated alkanes) is 1. The maximum Gasteiger partial charge on any atom is 0.407 e. The SMILES string of the molecule is CN(Cc1cccc2c1CC[C@H]1[C@@H]2CCN1CCCCN1Cc2ccccc2C1=O)C(=O)O. The summed E-state index contributed by atoms with van der Waals surface area (Å²) in [4.78, 5) is 29.9. The van der Waals surface area contributed by atoms with Crippen LogP contribution in [0.25, 0.3) is 0 Å². The molecule has 2 atom stereocenters. The molecule has 2 heterocycles. The van der Waals surface area contributed by atoms with Gasteiger partial charge < -0.3 is 14.9 Å². The van der Waals surface area contributed by atoms with E-state index in [-0.39, 0.29) is 5.91 Å². The van der Waals surface area contributed by atoms with Gasteiger partial charge in [-0.05, 0) is 73.5 Å². The molecule has 0 unspecified atom stereocenters. The lowest BCUT2D eigenvalue weighted by atomic mass is 9.77. The third-order valence-electron chi connectivity index (χ3n) is 7.81. The summed E-state index contributed by atoms with van der Waals surface area (Å²) in [6.45, 7) is 4.26. The number of carbonyl (C=O) groups is 2. The molecule has 0 spiro atoms. The van der Waals surface area contributed by atoms with Gasteiger partial charge in [0.05, 0.1) is 0 Å². The molecule has 6 nitrogen and oxygen atoms in total. The Balaban J connectivity index is 1.15. The fourth-order valence-corrected chi connectivity index (χ4v) is 6.12. The Bertz CT molecular complexity index is 1050. The summed E-state index contributed by atoms with van der Waals surface area (Å²) >= 11 is 0. The summed E-state index contributed by atoms with van der Waals surface area (Å²) in [7, 11) is 1.64. The van der Waals surface area contributed by atoms with E-state index in [2.05, 4.69) is 29.2 Å². The predicted octanol–water partition coefficient (Wildman–Crippen LogP) is 4.34. The van der Waals surface area contributed by atoms with Crippen LogP contribution in [0.5, 0.6) is 0 Å². The van der Waals surface area contributed by atoms with E-state index >= 15 is 0 Å². The minimum atomic E-state index is -0.882. The van der Waals surface area contributed by atoms with E-state index in [4.69, 9.17) is 0 Å². The summed E-state index contributed by atoms with van der Waals surface area (Å²) in [6.07, 6.45) is 4.61. The van der Waals surface area contributed by atoms with Gasteiger partial charge in [0.25, 0.3) is 5.91 Å². The third kappa shape index (κ3) is 4.24. The molecule has 1 fully saturated rings. The second kappa shape index (κ2) is 9.18. The normalized spacial score (nSPS) is 21.6. The number of rotatable bonds is 7. The first-order chi connectivity index (χ1) is 16.0. The minimum Gasteiger partial charge on any atom is -0.465 e. The van der Waals surface area contributed by atoms with E-state index in [0.29, 0.717) is 18.5 Å². The molecule has 6 heteroatoms. The molecule has 0 saturated carbocycles. The Morgan fingerprint density at radius 1 is 1.09 bits per heavy atom. The molecule has 1 aliphatic carbocycles. The van der Waals surface area contributed by atoms with E-state index in [1.54, 1.807) is 7.05 Å². The molecule has 2 amide bonds. The van der Waals surface area contributed by atoms with Gasteiger partial charge in [-0.1, -0.05) is 36.4 Å². The van der Waals surface area contributed by atoms with Crippen LogP contribution in [0.15, 0.2) is 42.5 Å². The van der Waals surface area contributed by atoms with E-state index in [1.807, 2.05) is 23.1 Å². The average molecular weight is 448 g/mol. The fourth-order valence-electron chi connectivity index (χ4n) is 6.12. The molecule has 174 valence electrons. The number of hydrogen-bond donors (Lipinski definition) is 1. The van der Waals surface area contributed by atoms with Gasteiger partial charge in [0.15, 0.2) is 0 Å². The molecule has 2 aromatic carbocycles. The van der Waals surface area contributed by atoms with E-state index in [9.17, 15) is 14.7 Å². The first kappa shape index (κ1) is 22.0. The van der Waals surface area contributed by atoms with Crippen molar-refractivity contribution in [3.8, 4) is 0 Å². The van der Waals surface area contributed by atoms with Crippen LogP contribution in [0.2, 0.25) is 0 Å². The van der Waals surface area contributed by atoms with Gasteiger partial charge in [0.2, 0.25) is 0 Å². The number of benzene rings is 2. The molecule has 3 aliphatic rings. The summed E-state index contributed by atoms with van der Waals surface area (Å²) in [5, 5.41) is 9.26. The van der Waals surface area contributed by atoms with Crippen LogP contribution in [0.1, 0.15) is 64.2 Å². The van der Waals surface area contributed by atoms with Gasteiger partial charge in [-0.2, -0.15) is 0 Å². The number of hydrogen-bond acceptors (Lipinski definition) is 3. The maximum absolute atomic E-state index is 12.6. The van der Waals surface area contributed by atoms with Crippen molar-refractivity contribution in [2.45, 2.75) is 57.2 Å². The van der Waals surface area contributed by atoms with Crippen molar-refractivity contribution >= 4 is 12.0 Å². The van der Waals surface area contributed by atoms with Crippen LogP contribution in [-0.4, -0.2) is 64.5 Å². The Morgan fingerprint density at radius 2 is 1.91 bits per heavy atom. The minimum absolute atomic E-state index is 0.181. The summed E-state index contributed by atoms with van der Waals surface area (Å²) < 4.78 is 0. The lowest BCUT2D eigenvalue weighted by molar-refractivity contribution is 0.0773. The van der Waals surface area contributed by atoms with Crippen molar-refractivity contribution in [3.63, 3.8) is 0 Å². The monoisotopic (exact) mass is 447 g/mol. The topological polar surface area (TPSA) is 64.1 Å². The Hall–Kier alpha value is -2.86. The van der Waals surface area contributed by atoms with Crippen molar-refractivity contribution in [1.82, 2.24) is 14.7 Å². The standard InChI is InChI=1S/C27H33N3O3/c1-28(27(32)33)17-19-8-6-10-23-21(19)11-12-25-24(23)13-16-29(25)14-4-5-15-30-18-20-7-2-3-9-22(20)26(30)31/h2-3,6-10,24-25H,4-5,11-18H2,1H3,(H,32,33)/t24-,25+/m1/s1. The van der Waals surface area contributed by atoms with Gasteiger partial charge >= 0.3 is 6.09 Å². The van der Waals surface area contributed by atoms with Crippen LogP contribution in [0, 0.1) is 0 Å². The molecule has 0 bridgehead atoms. The highest BCUT2D eigenvalue weighted by Gasteiger charge is 2.39. The van der Waals surface area contributed by atoms with Gasteiger partial charge in [-0.3, -0.25) is 9.69 Å². The smallest absolute Gasteiger partial charge is 0.407 e. The molecule has 2 aromatic rings. The van der Waals surface area contributed by atoms with Crippen molar-refractivity contribution in [1.29, 1.82) is 0 Å². The highest BCUT2D eigenvalue weighted by Crippen LogP contribution is 2.42. The highest BCUT2D eigenvalue weighted by atomic mass is 16.4. The van der Waals surface area contributed by atoms with Crippen LogP contribution >= 0.6 is 0 Å². The van der Waals surface area contributed by atoms with E-state index < -0.39 is 6.09 Å². The molecular weight excluding hydrogens is 414 g/mol. The highest BCUT2D eigenvalue weighted by molar-refractivity contribution is 5.98. The number of nitrogens with zero attached hydrogens (tertiary/aromatic N) is 3. The zero-order valence-electron chi connectivity index (χ0n) is 19.4. The second-order valence-corrected chi connectivity index (χ2v) is 9.75.